The lowest BCUT2D eigenvalue weighted by atomic mass is 10.0. The van der Waals surface area contributed by atoms with E-state index in [2.05, 4.69) is 5.32 Å². The molecule has 1 aliphatic rings. The molecule has 2 amide bonds. The van der Waals surface area contributed by atoms with Crippen LogP contribution in [-0.4, -0.2) is 31.0 Å². The molecule has 0 spiro atoms. The zero-order valence-electron chi connectivity index (χ0n) is 11.6. The van der Waals surface area contributed by atoms with Gasteiger partial charge in [-0.3, -0.25) is 14.5 Å². The maximum Gasteiger partial charge on any atom is 0.250 e. The summed E-state index contributed by atoms with van der Waals surface area (Å²) in [5.41, 5.74) is 0.526. The van der Waals surface area contributed by atoms with Crippen LogP contribution in [0.5, 0.6) is 5.75 Å². The van der Waals surface area contributed by atoms with Gasteiger partial charge in [0.25, 0.3) is 0 Å². The number of carbonyl (C=O) groups excluding carboxylic acids is 2. The van der Waals surface area contributed by atoms with E-state index >= 15 is 0 Å². The van der Waals surface area contributed by atoms with Crippen LogP contribution in [0.4, 0.5) is 5.69 Å². The van der Waals surface area contributed by atoms with E-state index in [9.17, 15) is 9.59 Å². The van der Waals surface area contributed by atoms with Crippen LogP contribution in [0.3, 0.4) is 0 Å². The van der Waals surface area contributed by atoms with Gasteiger partial charge in [0.1, 0.15) is 17.8 Å². The molecule has 1 aromatic rings. The minimum atomic E-state index is -0.561. The van der Waals surface area contributed by atoms with Crippen molar-refractivity contribution in [1.82, 2.24) is 5.32 Å². The lowest BCUT2D eigenvalue weighted by molar-refractivity contribution is -0.133. The van der Waals surface area contributed by atoms with E-state index in [0.29, 0.717) is 22.9 Å². The largest absolute Gasteiger partial charge is 0.495 e. The molecule has 1 aromatic carbocycles. The molecule has 5 nitrogen and oxygen atoms in total. The van der Waals surface area contributed by atoms with E-state index in [-0.39, 0.29) is 11.8 Å². The zero-order valence-corrected chi connectivity index (χ0v) is 12.4. The number of carbonyl (C=O) groups is 2. The van der Waals surface area contributed by atoms with Gasteiger partial charge in [0.15, 0.2) is 0 Å². The number of halogens is 1. The molecule has 1 heterocycles. The Kier molecular flexibility index (Phi) is 4.18. The summed E-state index contributed by atoms with van der Waals surface area (Å²) in [6.45, 7) is 3.52. The number of benzene rings is 1. The third-order valence-corrected chi connectivity index (χ3v) is 3.60. The van der Waals surface area contributed by atoms with Crippen molar-refractivity contribution >= 4 is 29.1 Å². The first-order valence-electron chi connectivity index (χ1n) is 6.46. The molecular weight excluding hydrogens is 280 g/mol. The lowest BCUT2D eigenvalue weighted by Crippen LogP contribution is -2.62. The summed E-state index contributed by atoms with van der Waals surface area (Å²) in [6, 6.07) is 3.91. The highest BCUT2D eigenvalue weighted by atomic mass is 35.5. The Labute approximate surface area is 122 Å². The number of amides is 2. The molecule has 108 valence electrons. The molecule has 2 atom stereocenters. The number of piperazine rings is 1. The van der Waals surface area contributed by atoms with E-state index < -0.39 is 12.1 Å². The summed E-state index contributed by atoms with van der Waals surface area (Å²) in [5.74, 6) is 0.182. The summed E-state index contributed by atoms with van der Waals surface area (Å²) in [7, 11) is 1.52. The van der Waals surface area contributed by atoms with Gasteiger partial charge in [-0.25, -0.2) is 0 Å². The molecule has 0 aromatic heterocycles. The molecule has 0 aliphatic carbocycles. The molecule has 1 aliphatic heterocycles. The summed E-state index contributed by atoms with van der Waals surface area (Å²) in [6.07, 6.45) is 0.514. The highest BCUT2D eigenvalue weighted by Crippen LogP contribution is 2.34. The number of ether oxygens (including phenoxy) is 1. The molecular formula is C14H17ClN2O3. The van der Waals surface area contributed by atoms with E-state index in [1.807, 2.05) is 6.92 Å². The van der Waals surface area contributed by atoms with Crippen LogP contribution in [0, 0.1) is 0 Å². The van der Waals surface area contributed by atoms with E-state index in [1.54, 1.807) is 25.1 Å². The van der Waals surface area contributed by atoms with Crippen molar-refractivity contribution in [2.24, 2.45) is 0 Å². The Morgan fingerprint density at radius 3 is 2.70 bits per heavy atom. The third-order valence-electron chi connectivity index (χ3n) is 3.37. The Hall–Kier alpha value is -1.75. The standard InChI is InChI=1S/C14H17ClN2O3/c1-4-10-13(18)16-8(2)14(19)17(10)11-7-9(15)5-6-12(11)20-3/h5-8,10H,4H2,1-3H3,(H,16,18). The van der Waals surface area contributed by atoms with Gasteiger partial charge in [0.05, 0.1) is 12.8 Å². The molecule has 2 rings (SSSR count). The first-order chi connectivity index (χ1) is 9.49. The van der Waals surface area contributed by atoms with Gasteiger partial charge in [0.2, 0.25) is 11.8 Å². The van der Waals surface area contributed by atoms with Crippen LogP contribution in [0.25, 0.3) is 0 Å². The summed E-state index contributed by atoms with van der Waals surface area (Å²) in [5, 5.41) is 3.17. The second-order valence-electron chi connectivity index (χ2n) is 4.68. The zero-order chi connectivity index (χ0) is 14.9. The van der Waals surface area contributed by atoms with Crippen molar-refractivity contribution in [3.05, 3.63) is 23.2 Å². The quantitative estimate of drug-likeness (QED) is 0.928. The fourth-order valence-corrected chi connectivity index (χ4v) is 2.52. The van der Waals surface area contributed by atoms with Crippen LogP contribution in [-0.2, 0) is 9.59 Å². The van der Waals surface area contributed by atoms with Gasteiger partial charge in [-0.1, -0.05) is 18.5 Å². The molecule has 1 N–H and O–H groups in total. The van der Waals surface area contributed by atoms with Crippen molar-refractivity contribution < 1.29 is 14.3 Å². The number of hydrogen-bond acceptors (Lipinski definition) is 3. The van der Waals surface area contributed by atoms with Crippen LogP contribution < -0.4 is 15.0 Å². The monoisotopic (exact) mass is 296 g/mol. The van der Waals surface area contributed by atoms with Crippen molar-refractivity contribution in [2.75, 3.05) is 12.0 Å². The minimum Gasteiger partial charge on any atom is -0.495 e. The smallest absolute Gasteiger partial charge is 0.250 e. The maximum absolute atomic E-state index is 12.4. The predicted octanol–water partition coefficient (Wildman–Crippen LogP) is 1.98. The number of rotatable bonds is 3. The third kappa shape index (κ3) is 2.45. The van der Waals surface area contributed by atoms with Crippen molar-refractivity contribution in [1.29, 1.82) is 0 Å². The number of methoxy groups -OCH3 is 1. The van der Waals surface area contributed by atoms with Gasteiger partial charge in [-0.2, -0.15) is 0 Å². The Morgan fingerprint density at radius 1 is 1.40 bits per heavy atom. The second-order valence-corrected chi connectivity index (χ2v) is 5.12. The fourth-order valence-electron chi connectivity index (χ4n) is 2.36. The Balaban J connectivity index is 2.54. The predicted molar refractivity (Wildman–Crippen MR) is 77.2 cm³/mol. The van der Waals surface area contributed by atoms with Crippen LogP contribution in [0.1, 0.15) is 20.3 Å². The van der Waals surface area contributed by atoms with Crippen molar-refractivity contribution in [3.63, 3.8) is 0 Å². The van der Waals surface area contributed by atoms with Gasteiger partial charge in [-0.05, 0) is 31.5 Å². The SMILES string of the molecule is CCC1C(=O)NC(C)C(=O)N1c1cc(Cl)ccc1OC. The number of anilines is 1. The number of nitrogens with one attached hydrogen (secondary N) is 1. The molecule has 1 saturated heterocycles. The fraction of sp³-hybridized carbons (Fsp3) is 0.429. The molecule has 0 bridgehead atoms. The van der Waals surface area contributed by atoms with Gasteiger partial charge < -0.3 is 10.1 Å². The molecule has 0 radical (unpaired) electrons. The van der Waals surface area contributed by atoms with E-state index in [0.717, 1.165) is 0 Å². The summed E-state index contributed by atoms with van der Waals surface area (Å²) < 4.78 is 5.28. The average molecular weight is 297 g/mol. The van der Waals surface area contributed by atoms with Gasteiger partial charge in [0, 0.05) is 5.02 Å². The normalized spacial score (nSPS) is 22.7. The average Bonchev–Trinajstić information content (AvgIpc) is 2.42. The van der Waals surface area contributed by atoms with Crippen LogP contribution in [0.15, 0.2) is 18.2 Å². The topological polar surface area (TPSA) is 58.6 Å². The van der Waals surface area contributed by atoms with E-state index in [1.165, 1.54) is 12.0 Å². The molecule has 0 saturated carbocycles. The van der Waals surface area contributed by atoms with Crippen LogP contribution in [0.2, 0.25) is 5.02 Å². The minimum absolute atomic E-state index is 0.165. The number of nitrogens with zero attached hydrogens (tertiary/aromatic N) is 1. The van der Waals surface area contributed by atoms with Crippen molar-refractivity contribution in [3.8, 4) is 5.75 Å². The Morgan fingerprint density at radius 2 is 2.10 bits per heavy atom. The molecule has 2 unspecified atom stereocenters. The van der Waals surface area contributed by atoms with Crippen molar-refractivity contribution in [2.45, 2.75) is 32.4 Å². The highest BCUT2D eigenvalue weighted by Gasteiger charge is 2.39. The molecule has 6 heteroatoms. The van der Waals surface area contributed by atoms with Crippen LogP contribution >= 0.6 is 11.6 Å². The molecule has 1 fully saturated rings. The van der Waals surface area contributed by atoms with Gasteiger partial charge in [-0.15, -0.1) is 0 Å². The highest BCUT2D eigenvalue weighted by molar-refractivity contribution is 6.31. The first kappa shape index (κ1) is 14.7. The summed E-state index contributed by atoms with van der Waals surface area (Å²) >= 11 is 6.01. The van der Waals surface area contributed by atoms with E-state index in [4.69, 9.17) is 16.3 Å². The lowest BCUT2D eigenvalue weighted by Gasteiger charge is -2.38. The molecule has 20 heavy (non-hydrogen) atoms. The van der Waals surface area contributed by atoms with Gasteiger partial charge >= 0.3 is 0 Å². The second kappa shape index (κ2) is 5.71. The number of hydrogen-bond donors (Lipinski definition) is 1. The Bertz CT molecular complexity index is 547. The maximum atomic E-state index is 12.4. The first-order valence-corrected chi connectivity index (χ1v) is 6.84. The summed E-state index contributed by atoms with van der Waals surface area (Å²) in [4.78, 5) is 26.0.